The summed E-state index contributed by atoms with van der Waals surface area (Å²) < 4.78 is 5.18. The maximum Gasteiger partial charge on any atom is 0.255 e. The molecule has 0 radical (unpaired) electrons. The number of thiophene rings is 1. The van der Waals surface area contributed by atoms with Gasteiger partial charge in [0.1, 0.15) is 5.75 Å². The van der Waals surface area contributed by atoms with E-state index in [1.165, 1.54) is 5.56 Å². The van der Waals surface area contributed by atoms with E-state index in [4.69, 9.17) is 4.74 Å². The number of rotatable bonds is 7. The van der Waals surface area contributed by atoms with E-state index in [2.05, 4.69) is 22.1 Å². The lowest BCUT2D eigenvalue weighted by atomic mass is 10.2. The van der Waals surface area contributed by atoms with Crippen LogP contribution in [-0.4, -0.2) is 25.3 Å². The van der Waals surface area contributed by atoms with Crippen molar-refractivity contribution in [2.24, 2.45) is 0 Å². The van der Waals surface area contributed by atoms with Gasteiger partial charge in [0.2, 0.25) is 0 Å². The van der Waals surface area contributed by atoms with Crippen LogP contribution in [0.3, 0.4) is 0 Å². The number of thioether (sulfide) groups is 1. The monoisotopic (exact) mass is 307 g/mol. The van der Waals surface area contributed by atoms with E-state index >= 15 is 0 Å². The van der Waals surface area contributed by atoms with Crippen molar-refractivity contribution in [1.82, 2.24) is 5.32 Å². The largest absolute Gasteiger partial charge is 0.496 e. The summed E-state index contributed by atoms with van der Waals surface area (Å²) in [7, 11) is 1.57. The van der Waals surface area contributed by atoms with Gasteiger partial charge in [-0.15, -0.1) is 0 Å². The first-order chi connectivity index (χ1) is 9.81. The molecule has 0 aliphatic carbocycles. The minimum atomic E-state index is -0.0846. The van der Waals surface area contributed by atoms with Crippen LogP contribution in [0.5, 0.6) is 5.75 Å². The van der Waals surface area contributed by atoms with Crippen LogP contribution in [0, 0.1) is 0 Å². The average Bonchev–Trinajstić information content (AvgIpc) is 3.00. The van der Waals surface area contributed by atoms with Gasteiger partial charge in [-0.2, -0.15) is 23.1 Å². The molecule has 5 heteroatoms. The third-order valence-corrected chi connectivity index (χ3v) is 4.49. The minimum absolute atomic E-state index is 0.0846. The molecule has 1 N–H and O–H groups in total. The zero-order chi connectivity index (χ0) is 14.2. The highest BCUT2D eigenvalue weighted by molar-refractivity contribution is 7.98. The van der Waals surface area contributed by atoms with E-state index in [0.717, 1.165) is 11.5 Å². The summed E-state index contributed by atoms with van der Waals surface area (Å²) in [6, 6.07) is 9.38. The molecule has 0 saturated heterocycles. The van der Waals surface area contributed by atoms with E-state index in [9.17, 15) is 4.79 Å². The van der Waals surface area contributed by atoms with Crippen molar-refractivity contribution in [1.29, 1.82) is 0 Å². The Bertz CT molecular complexity index is 541. The molecule has 0 atom stereocenters. The molecule has 0 spiro atoms. The zero-order valence-corrected chi connectivity index (χ0v) is 12.9. The molecule has 0 unspecified atom stereocenters. The lowest BCUT2D eigenvalue weighted by Crippen LogP contribution is -2.26. The molecule has 0 fully saturated rings. The Morgan fingerprint density at radius 2 is 2.20 bits per heavy atom. The van der Waals surface area contributed by atoms with Gasteiger partial charge in [0, 0.05) is 18.1 Å². The molecule has 1 aromatic heterocycles. The van der Waals surface area contributed by atoms with Crippen LogP contribution < -0.4 is 10.1 Å². The van der Waals surface area contributed by atoms with Gasteiger partial charge in [-0.25, -0.2) is 0 Å². The fourth-order valence-electron chi connectivity index (χ4n) is 1.73. The SMILES string of the molecule is COc1ccccc1C(=O)NCCSCc1ccsc1. The van der Waals surface area contributed by atoms with E-state index in [1.807, 2.05) is 23.9 Å². The van der Waals surface area contributed by atoms with Gasteiger partial charge in [0.25, 0.3) is 5.91 Å². The fourth-order valence-corrected chi connectivity index (χ4v) is 3.31. The van der Waals surface area contributed by atoms with Gasteiger partial charge in [-0.3, -0.25) is 4.79 Å². The van der Waals surface area contributed by atoms with Crippen molar-refractivity contribution >= 4 is 29.0 Å². The number of hydrogen-bond donors (Lipinski definition) is 1. The van der Waals surface area contributed by atoms with E-state index in [-0.39, 0.29) is 5.91 Å². The summed E-state index contributed by atoms with van der Waals surface area (Å²) in [5.74, 6) is 2.42. The van der Waals surface area contributed by atoms with Crippen molar-refractivity contribution in [3.8, 4) is 5.75 Å². The van der Waals surface area contributed by atoms with Crippen LogP contribution in [-0.2, 0) is 5.75 Å². The highest BCUT2D eigenvalue weighted by Crippen LogP contribution is 2.17. The van der Waals surface area contributed by atoms with Crippen molar-refractivity contribution in [2.45, 2.75) is 5.75 Å². The summed E-state index contributed by atoms with van der Waals surface area (Å²) in [4.78, 5) is 12.0. The lowest BCUT2D eigenvalue weighted by molar-refractivity contribution is 0.0953. The molecule has 20 heavy (non-hydrogen) atoms. The minimum Gasteiger partial charge on any atom is -0.496 e. The average molecular weight is 307 g/mol. The number of carbonyl (C=O) groups is 1. The Balaban J connectivity index is 1.72. The number of ether oxygens (including phenoxy) is 1. The Kier molecular flexibility index (Phi) is 5.95. The van der Waals surface area contributed by atoms with Crippen LogP contribution in [0.15, 0.2) is 41.1 Å². The van der Waals surface area contributed by atoms with E-state index < -0.39 is 0 Å². The lowest BCUT2D eigenvalue weighted by Gasteiger charge is -2.08. The van der Waals surface area contributed by atoms with E-state index in [1.54, 1.807) is 30.6 Å². The summed E-state index contributed by atoms with van der Waals surface area (Å²) >= 11 is 3.53. The number of benzene rings is 1. The highest BCUT2D eigenvalue weighted by atomic mass is 32.2. The molecule has 0 bridgehead atoms. The summed E-state index contributed by atoms with van der Waals surface area (Å²) in [5.41, 5.74) is 1.92. The van der Waals surface area contributed by atoms with E-state index in [0.29, 0.717) is 17.9 Å². The van der Waals surface area contributed by atoms with Gasteiger partial charge in [0.15, 0.2) is 0 Å². The molecule has 0 aliphatic heterocycles. The molecule has 1 heterocycles. The van der Waals surface area contributed by atoms with Crippen molar-refractivity contribution in [2.75, 3.05) is 19.4 Å². The van der Waals surface area contributed by atoms with Gasteiger partial charge in [-0.1, -0.05) is 12.1 Å². The molecule has 106 valence electrons. The number of hydrogen-bond acceptors (Lipinski definition) is 4. The number of methoxy groups -OCH3 is 1. The maximum absolute atomic E-state index is 12.0. The number of nitrogens with one attached hydrogen (secondary N) is 1. The van der Waals surface area contributed by atoms with Gasteiger partial charge < -0.3 is 10.1 Å². The number of amides is 1. The Morgan fingerprint density at radius 3 is 2.95 bits per heavy atom. The predicted molar refractivity (Wildman–Crippen MR) is 85.8 cm³/mol. The summed E-state index contributed by atoms with van der Waals surface area (Å²) in [6.45, 7) is 0.658. The second-order valence-electron chi connectivity index (χ2n) is 4.14. The van der Waals surface area contributed by atoms with Gasteiger partial charge >= 0.3 is 0 Å². The molecular weight excluding hydrogens is 290 g/mol. The smallest absolute Gasteiger partial charge is 0.255 e. The molecule has 2 rings (SSSR count). The third kappa shape index (κ3) is 4.28. The molecule has 2 aromatic rings. The zero-order valence-electron chi connectivity index (χ0n) is 11.3. The normalized spacial score (nSPS) is 10.2. The van der Waals surface area contributed by atoms with Crippen LogP contribution in [0.4, 0.5) is 0 Å². The molecule has 1 aromatic carbocycles. The van der Waals surface area contributed by atoms with Crippen LogP contribution in [0.2, 0.25) is 0 Å². The summed E-state index contributed by atoms with van der Waals surface area (Å²) in [6.07, 6.45) is 0. The first-order valence-electron chi connectivity index (χ1n) is 6.31. The maximum atomic E-state index is 12.0. The third-order valence-electron chi connectivity index (χ3n) is 2.73. The second kappa shape index (κ2) is 7.97. The van der Waals surface area contributed by atoms with Crippen LogP contribution >= 0.6 is 23.1 Å². The number of para-hydroxylation sites is 1. The van der Waals surface area contributed by atoms with Gasteiger partial charge in [0.05, 0.1) is 12.7 Å². The Morgan fingerprint density at radius 1 is 1.35 bits per heavy atom. The predicted octanol–water partition coefficient (Wildman–Crippen LogP) is 3.42. The second-order valence-corrected chi connectivity index (χ2v) is 6.03. The Labute approximate surface area is 127 Å². The quantitative estimate of drug-likeness (QED) is 0.797. The van der Waals surface area contributed by atoms with Crippen LogP contribution in [0.1, 0.15) is 15.9 Å². The topological polar surface area (TPSA) is 38.3 Å². The van der Waals surface area contributed by atoms with Crippen molar-refractivity contribution in [3.05, 3.63) is 52.2 Å². The highest BCUT2D eigenvalue weighted by Gasteiger charge is 2.10. The van der Waals surface area contributed by atoms with Crippen molar-refractivity contribution < 1.29 is 9.53 Å². The first kappa shape index (κ1) is 14.9. The fraction of sp³-hybridized carbons (Fsp3) is 0.267. The molecular formula is C15H17NO2S2. The molecule has 0 aliphatic rings. The standard InChI is InChI=1S/C15H17NO2S2/c1-18-14-5-3-2-4-13(14)15(17)16-7-9-20-11-12-6-8-19-10-12/h2-6,8,10H,7,9,11H2,1H3,(H,16,17). The molecule has 0 saturated carbocycles. The van der Waals surface area contributed by atoms with Gasteiger partial charge in [-0.05, 0) is 34.5 Å². The van der Waals surface area contributed by atoms with Crippen molar-refractivity contribution in [3.63, 3.8) is 0 Å². The first-order valence-corrected chi connectivity index (χ1v) is 8.41. The van der Waals surface area contributed by atoms with Crippen LogP contribution in [0.25, 0.3) is 0 Å². The number of carbonyl (C=O) groups excluding carboxylic acids is 1. The summed E-state index contributed by atoms with van der Waals surface area (Å²) in [5, 5.41) is 7.15. The molecule has 3 nitrogen and oxygen atoms in total. The molecule has 1 amide bonds. The Hall–Kier alpha value is -1.46.